The van der Waals surface area contributed by atoms with Gasteiger partial charge >= 0.3 is 5.91 Å². The molecule has 174 valence electrons. The van der Waals surface area contributed by atoms with Crippen molar-refractivity contribution >= 4 is 21.8 Å². The van der Waals surface area contributed by atoms with E-state index in [0.717, 1.165) is 12.8 Å². The highest BCUT2D eigenvalue weighted by molar-refractivity contribution is 7.90. The lowest BCUT2D eigenvalue weighted by Gasteiger charge is -2.22. The van der Waals surface area contributed by atoms with Crippen LogP contribution in [0.1, 0.15) is 80.2 Å². The first kappa shape index (κ1) is 23.9. The molecule has 1 saturated carbocycles. The number of amides is 2. The fraction of sp³-hybridized carbons (Fsp3) is 0.524. The molecule has 11 heteroatoms. The first-order chi connectivity index (χ1) is 15.4. The van der Waals surface area contributed by atoms with E-state index in [1.54, 1.807) is 11.5 Å². The van der Waals surface area contributed by atoms with E-state index in [-0.39, 0.29) is 17.2 Å². The molecule has 3 N–H and O–H groups in total. The topological polar surface area (TPSA) is 151 Å². The number of carbonyl (C=O) groups excluding carboxylic acids is 2. The summed E-state index contributed by atoms with van der Waals surface area (Å²) in [5, 5.41) is 12.5. The molecule has 0 saturated heterocycles. The van der Waals surface area contributed by atoms with Crippen molar-refractivity contribution in [3.63, 3.8) is 0 Å². The van der Waals surface area contributed by atoms with E-state index in [9.17, 15) is 18.0 Å². The van der Waals surface area contributed by atoms with Crippen LogP contribution in [-0.4, -0.2) is 35.6 Å². The van der Waals surface area contributed by atoms with Gasteiger partial charge in [-0.15, -0.1) is 0 Å². The zero-order valence-corrected chi connectivity index (χ0v) is 18.5. The second-order valence-corrected chi connectivity index (χ2v) is 9.76. The summed E-state index contributed by atoms with van der Waals surface area (Å²) in [7, 11) is -4.09. The molecule has 10 nitrogen and oxygen atoms in total. The highest BCUT2D eigenvalue weighted by atomic mass is 32.2. The van der Waals surface area contributed by atoms with E-state index in [4.69, 9.17) is 9.73 Å². The monoisotopic (exact) mass is 464 g/mol. The van der Waals surface area contributed by atoms with Gasteiger partial charge in [0.1, 0.15) is 0 Å². The summed E-state index contributed by atoms with van der Waals surface area (Å²) >= 11 is 0. The molecule has 1 aromatic heterocycles. The first-order valence-corrected chi connectivity index (χ1v) is 12.3. The van der Waals surface area contributed by atoms with E-state index in [0.29, 0.717) is 12.3 Å². The molecule has 3 rings (SSSR count). The molecule has 0 aliphatic heterocycles. The Morgan fingerprint density at radius 1 is 1.16 bits per heavy atom. The second kappa shape index (κ2) is 11.2. The summed E-state index contributed by atoms with van der Waals surface area (Å²) in [6, 6.07) is 7.44. The number of hydrogen-bond acceptors (Lipinski definition) is 8. The van der Waals surface area contributed by atoms with Crippen molar-refractivity contribution in [1.29, 1.82) is 0 Å². The molecule has 1 fully saturated rings. The third-order valence-electron chi connectivity index (χ3n) is 5.72. The highest BCUT2D eigenvalue weighted by Crippen LogP contribution is 2.31. The highest BCUT2D eigenvalue weighted by Gasteiger charge is 2.27. The van der Waals surface area contributed by atoms with Crippen molar-refractivity contribution in [1.82, 2.24) is 20.3 Å². The number of nitrogens with one attached hydrogen (secondary N) is 2. The van der Waals surface area contributed by atoms with Gasteiger partial charge in [-0.2, -0.15) is 4.98 Å². The van der Waals surface area contributed by atoms with E-state index < -0.39 is 33.6 Å². The molecule has 2 amide bonds. The van der Waals surface area contributed by atoms with Gasteiger partial charge in [0.15, 0.2) is 0 Å². The molecule has 1 unspecified atom stereocenters. The third kappa shape index (κ3) is 6.60. The predicted octanol–water partition coefficient (Wildman–Crippen LogP) is 2.92. The van der Waals surface area contributed by atoms with Crippen LogP contribution in [0.25, 0.3) is 0 Å². The summed E-state index contributed by atoms with van der Waals surface area (Å²) in [6.07, 6.45) is 8.52. The van der Waals surface area contributed by atoms with Crippen molar-refractivity contribution in [2.45, 2.75) is 68.6 Å². The van der Waals surface area contributed by atoms with Crippen molar-refractivity contribution in [3.8, 4) is 0 Å². The molecule has 0 bridgehead atoms. The molecule has 1 aromatic carbocycles. The van der Waals surface area contributed by atoms with Gasteiger partial charge in [0.05, 0.1) is 4.90 Å². The Bertz CT molecular complexity index is 1000. The lowest BCUT2D eigenvalue weighted by Crippen LogP contribution is -2.31. The van der Waals surface area contributed by atoms with Crippen LogP contribution in [0.2, 0.25) is 0 Å². The maximum Gasteiger partial charge on any atom is 0.306 e. The lowest BCUT2D eigenvalue weighted by molar-refractivity contribution is -0.129. The van der Waals surface area contributed by atoms with Crippen LogP contribution >= 0.6 is 0 Å². The van der Waals surface area contributed by atoms with Gasteiger partial charge in [-0.3, -0.25) is 14.8 Å². The number of hydroxylamine groups is 1. The van der Waals surface area contributed by atoms with E-state index >= 15 is 0 Å². The number of rotatable bonds is 10. The molecule has 32 heavy (non-hydrogen) atoms. The quantitative estimate of drug-likeness (QED) is 0.358. The Labute approximate surface area is 186 Å². The van der Waals surface area contributed by atoms with Gasteiger partial charge in [0.2, 0.25) is 11.8 Å². The Kier molecular flexibility index (Phi) is 8.34. The Morgan fingerprint density at radius 2 is 1.88 bits per heavy atom. The van der Waals surface area contributed by atoms with Crippen LogP contribution in [0.4, 0.5) is 0 Å². The average Bonchev–Trinajstić information content (AvgIpc) is 3.30. The van der Waals surface area contributed by atoms with Crippen molar-refractivity contribution < 1.29 is 27.7 Å². The van der Waals surface area contributed by atoms with Crippen LogP contribution in [0.3, 0.4) is 0 Å². The van der Waals surface area contributed by atoms with Gasteiger partial charge in [-0.05, 0) is 24.5 Å². The minimum Gasteiger partial charge on any atom is -0.338 e. The van der Waals surface area contributed by atoms with Crippen molar-refractivity contribution in [2.24, 2.45) is 5.92 Å². The number of benzene rings is 1. The molecule has 1 atom stereocenters. The van der Waals surface area contributed by atoms with Gasteiger partial charge in [-0.1, -0.05) is 68.3 Å². The first-order valence-electron chi connectivity index (χ1n) is 10.8. The molecular formula is C21H28N4O6S. The SMILES string of the molecule is O=C(CC(CCCC1CCCCC1)c1nc(C(=O)NS(=O)(=O)c2ccccc2)no1)NO. The number of hydrogen-bond donors (Lipinski definition) is 3. The van der Waals surface area contributed by atoms with E-state index in [1.165, 1.54) is 56.4 Å². The standard InChI is InChI=1S/C21H28N4O6S/c26-18(23-28)14-16(11-7-10-15-8-3-1-4-9-15)21-22-19(24-31-21)20(27)25-32(29,30)17-12-5-2-6-13-17/h2,5-6,12-13,15-16,28H,1,3-4,7-11,14H2,(H,23,26)(H,25,27). The van der Waals surface area contributed by atoms with Crippen LogP contribution in [0.5, 0.6) is 0 Å². The minimum atomic E-state index is -4.09. The fourth-order valence-corrected chi connectivity index (χ4v) is 5.00. The van der Waals surface area contributed by atoms with Crippen molar-refractivity contribution in [3.05, 3.63) is 42.0 Å². The number of aromatic nitrogens is 2. The summed E-state index contributed by atoms with van der Waals surface area (Å²) in [6.45, 7) is 0. The maximum absolute atomic E-state index is 12.4. The largest absolute Gasteiger partial charge is 0.338 e. The van der Waals surface area contributed by atoms with Gasteiger partial charge < -0.3 is 4.52 Å². The average molecular weight is 465 g/mol. The minimum absolute atomic E-state index is 0.0551. The molecule has 0 spiro atoms. The zero-order valence-electron chi connectivity index (χ0n) is 17.7. The van der Waals surface area contributed by atoms with Crippen LogP contribution < -0.4 is 10.2 Å². The molecule has 1 heterocycles. The molecule has 2 aromatic rings. The number of carbonyl (C=O) groups is 2. The van der Waals surface area contributed by atoms with Crippen LogP contribution in [0.15, 0.2) is 39.8 Å². The van der Waals surface area contributed by atoms with Gasteiger partial charge in [-0.25, -0.2) is 18.6 Å². The summed E-state index contributed by atoms with van der Waals surface area (Å²) < 4.78 is 31.8. The van der Waals surface area contributed by atoms with Gasteiger partial charge in [0, 0.05) is 12.3 Å². The normalized spacial score (nSPS) is 15.8. The lowest BCUT2D eigenvalue weighted by atomic mass is 9.84. The Balaban J connectivity index is 1.65. The van der Waals surface area contributed by atoms with E-state index in [1.807, 2.05) is 4.72 Å². The molecule has 0 radical (unpaired) electrons. The van der Waals surface area contributed by atoms with Crippen LogP contribution in [-0.2, 0) is 14.8 Å². The zero-order chi connectivity index (χ0) is 23.0. The predicted molar refractivity (Wildman–Crippen MR) is 113 cm³/mol. The maximum atomic E-state index is 12.4. The second-order valence-electron chi connectivity index (χ2n) is 8.07. The molecule has 1 aliphatic rings. The summed E-state index contributed by atoms with van der Waals surface area (Å²) in [5.41, 5.74) is 1.60. The number of sulfonamides is 1. The summed E-state index contributed by atoms with van der Waals surface area (Å²) in [5.74, 6) is -1.85. The van der Waals surface area contributed by atoms with Gasteiger partial charge in [0.25, 0.3) is 15.8 Å². The van der Waals surface area contributed by atoms with Crippen LogP contribution in [0, 0.1) is 5.92 Å². The third-order valence-corrected chi connectivity index (χ3v) is 7.07. The fourth-order valence-electron chi connectivity index (χ4n) is 4.03. The molecule has 1 aliphatic carbocycles. The summed E-state index contributed by atoms with van der Waals surface area (Å²) in [4.78, 5) is 28.1. The number of nitrogens with zero attached hydrogens (tertiary/aromatic N) is 2. The Morgan fingerprint density at radius 3 is 2.56 bits per heavy atom. The molecular weight excluding hydrogens is 436 g/mol. The van der Waals surface area contributed by atoms with E-state index in [2.05, 4.69) is 10.1 Å². The van der Waals surface area contributed by atoms with Crippen molar-refractivity contribution in [2.75, 3.05) is 0 Å². The smallest absolute Gasteiger partial charge is 0.306 e. The Hall–Kier alpha value is -2.79.